The molecule has 1 aliphatic rings. The topological polar surface area (TPSA) is 59.2 Å². The van der Waals surface area contributed by atoms with E-state index in [4.69, 9.17) is 16.6 Å². The number of aromatic nitrogens is 4. The lowest BCUT2D eigenvalue weighted by Gasteiger charge is -2.34. The molecular formula is C17H19ClN6O. The minimum absolute atomic E-state index is 0.165. The van der Waals surface area contributed by atoms with Crippen molar-refractivity contribution < 1.29 is 0 Å². The fourth-order valence-electron chi connectivity index (χ4n) is 3.09. The second kappa shape index (κ2) is 6.16. The van der Waals surface area contributed by atoms with Gasteiger partial charge >= 0.3 is 0 Å². The third-order valence-electron chi connectivity index (χ3n) is 4.59. The van der Waals surface area contributed by atoms with Crippen molar-refractivity contribution in [3.05, 3.63) is 46.0 Å². The second-order valence-electron chi connectivity index (χ2n) is 6.35. The van der Waals surface area contributed by atoms with E-state index in [0.717, 1.165) is 31.9 Å². The number of benzene rings is 1. The van der Waals surface area contributed by atoms with Gasteiger partial charge in [0.2, 0.25) is 5.95 Å². The molecule has 8 heteroatoms. The Balaban J connectivity index is 1.95. The summed E-state index contributed by atoms with van der Waals surface area (Å²) in [6.07, 6.45) is 1.62. The van der Waals surface area contributed by atoms with E-state index in [9.17, 15) is 4.79 Å². The van der Waals surface area contributed by atoms with Crippen LogP contribution in [0.15, 0.2) is 35.4 Å². The quantitative estimate of drug-likeness (QED) is 0.695. The molecule has 1 fully saturated rings. The molecule has 0 unspecified atom stereocenters. The molecule has 0 saturated carbocycles. The highest BCUT2D eigenvalue weighted by Gasteiger charge is 2.23. The lowest BCUT2D eigenvalue weighted by molar-refractivity contribution is 0.310. The number of piperazine rings is 1. The summed E-state index contributed by atoms with van der Waals surface area (Å²) >= 11 is 6.01. The molecule has 3 aromatic rings. The van der Waals surface area contributed by atoms with Crippen molar-refractivity contribution in [2.45, 2.75) is 0 Å². The summed E-state index contributed by atoms with van der Waals surface area (Å²) in [6, 6.07) is 7.22. The molecule has 0 amide bonds. The number of aryl methyl sites for hydroxylation is 1. The molecule has 0 spiro atoms. The Labute approximate surface area is 150 Å². The van der Waals surface area contributed by atoms with Crippen LogP contribution in [0.1, 0.15) is 0 Å². The van der Waals surface area contributed by atoms with E-state index in [2.05, 4.69) is 21.8 Å². The molecule has 2 aromatic heterocycles. The van der Waals surface area contributed by atoms with Gasteiger partial charge in [0, 0.05) is 38.2 Å². The molecule has 1 saturated heterocycles. The van der Waals surface area contributed by atoms with Crippen LogP contribution >= 0.6 is 11.6 Å². The van der Waals surface area contributed by atoms with Gasteiger partial charge in [-0.25, -0.2) is 9.55 Å². The zero-order valence-corrected chi connectivity index (χ0v) is 14.9. The Morgan fingerprint density at radius 2 is 1.72 bits per heavy atom. The summed E-state index contributed by atoms with van der Waals surface area (Å²) in [5.74, 6) is 0.650. The monoisotopic (exact) mass is 358 g/mol. The van der Waals surface area contributed by atoms with Crippen molar-refractivity contribution in [3.63, 3.8) is 0 Å². The third kappa shape index (κ3) is 2.79. The van der Waals surface area contributed by atoms with Crippen LogP contribution in [-0.2, 0) is 7.05 Å². The molecule has 0 bridgehead atoms. The molecule has 130 valence electrons. The maximum Gasteiger partial charge on any atom is 0.287 e. The molecule has 25 heavy (non-hydrogen) atoms. The highest BCUT2D eigenvalue weighted by molar-refractivity contribution is 6.30. The predicted octanol–water partition coefficient (Wildman–Crippen LogP) is 1.52. The molecule has 1 aliphatic heterocycles. The van der Waals surface area contributed by atoms with Crippen molar-refractivity contribution >= 4 is 28.7 Å². The summed E-state index contributed by atoms with van der Waals surface area (Å²) in [5, 5.41) is 0.629. The first-order valence-electron chi connectivity index (χ1n) is 8.18. The van der Waals surface area contributed by atoms with Crippen LogP contribution in [0.4, 0.5) is 5.95 Å². The molecule has 1 aromatic carbocycles. The van der Waals surface area contributed by atoms with Gasteiger partial charge in [0.05, 0.1) is 12.0 Å². The Morgan fingerprint density at radius 1 is 1.04 bits per heavy atom. The van der Waals surface area contributed by atoms with E-state index in [0.29, 0.717) is 22.1 Å². The van der Waals surface area contributed by atoms with Gasteiger partial charge in [0.25, 0.3) is 5.56 Å². The van der Waals surface area contributed by atoms with Crippen molar-refractivity contribution in [3.8, 4) is 5.69 Å². The summed E-state index contributed by atoms with van der Waals surface area (Å²) in [7, 11) is 3.95. The van der Waals surface area contributed by atoms with Crippen LogP contribution < -0.4 is 10.5 Å². The minimum atomic E-state index is -0.165. The first-order valence-corrected chi connectivity index (χ1v) is 8.56. The number of imidazole rings is 1. The van der Waals surface area contributed by atoms with Crippen molar-refractivity contribution in [2.24, 2.45) is 7.05 Å². The van der Waals surface area contributed by atoms with Gasteiger partial charge in [0.1, 0.15) is 0 Å². The summed E-state index contributed by atoms with van der Waals surface area (Å²) < 4.78 is 3.42. The largest absolute Gasteiger partial charge is 0.339 e. The third-order valence-corrected chi connectivity index (χ3v) is 4.84. The number of rotatable bonds is 2. The Kier molecular flexibility index (Phi) is 3.97. The molecule has 7 nitrogen and oxygen atoms in total. The van der Waals surface area contributed by atoms with E-state index < -0.39 is 0 Å². The Morgan fingerprint density at radius 3 is 2.40 bits per heavy atom. The molecule has 4 rings (SSSR count). The van der Waals surface area contributed by atoms with Crippen LogP contribution in [0.3, 0.4) is 0 Å². The highest BCUT2D eigenvalue weighted by Crippen LogP contribution is 2.21. The first kappa shape index (κ1) is 16.1. The van der Waals surface area contributed by atoms with Gasteiger partial charge in [-0.05, 0) is 31.3 Å². The van der Waals surface area contributed by atoms with Gasteiger partial charge < -0.3 is 14.4 Å². The van der Waals surface area contributed by atoms with E-state index >= 15 is 0 Å². The minimum Gasteiger partial charge on any atom is -0.339 e. The standard InChI is InChI=1S/C17H19ClN6O/c1-21-7-9-23(10-8-21)17-20-15-14(19-11-22(15)2)16(25)24(17)13-5-3-12(18)4-6-13/h3-6,11H,7-10H2,1-2H3. The average molecular weight is 359 g/mol. The van der Waals surface area contributed by atoms with E-state index in [1.807, 2.05) is 19.2 Å². The zero-order valence-electron chi connectivity index (χ0n) is 14.2. The predicted molar refractivity (Wildman–Crippen MR) is 98.8 cm³/mol. The number of hydrogen-bond acceptors (Lipinski definition) is 5. The van der Waals surface area contributed by atoms with Crippen molar-refractivity contribution in [1.29, 1.82) is 0 Å². The number of likely N-dealkylation sites (N-methyl/N-ethyl adjacent to an activating group) is 1. The van der Waals surface area contributed by atoms with E-state index in [1.54, 1.807) is 27.6 Å². The van der Waals surface area contributed by atoms with Gasteiger partial charge in [-0.15, -0.1) is 0 Å². The van der Waals surface area contributed by atoms with Crippen LogP contribution in [0, 0.1) is 0 Å². The molecule has 0 N–H and O–H groups in total. The van der Waals surface area contributed by atoms with E-state index in [1.165, 1.54) is 0 Å². The number of halogens is 1. The summed E-state index contributed by atoms with van der Waals surface area (Å²) in [4.78, 5) is 26.6. The highest BCUT2D eigenvalue weighted by atomic mass is 35.5. The van der Waals surface area contributed by atoms with Crippen molar-refractivity contribution in [2.75, 3.05) is 38.1 Å². The fraction of sp³-hybridized carbons (Fsp3) is 0.353. The lowest BCUT2D eigenvalue weighted by atomic mass is 10.3. The van der Waals surface area contributed by atoms with Crippen LogP contribution in [0.25, 0.3) is 16.9 Å². The summed E-state index contributed by atoms with van der Waals surface area (Å²) in [6.45, 7) is 3.50. The van der Waals surface area contributed by atoms with Crippen LogP contribution in [0.5, 0.6) is 0 Å². The SMILES string of the molecule is CN1CCN(c2nc3c(ncn3C)c(=O)n2-c2ccc(Cl)cc2)CC1. The van der Waals surface area contributed by atoms with Gasteiger partial charge in [0.15, 0.2) is 11.2 Å². The van der Waals surface area contributed by atoms with Crippen LogP contribution in [-0.4, -0.2) is 57.2 Å². The lowest BCUT2D eigenvalue weighted by Crippen LogP contribution is -2.46. The molecule has 0 aliphatic carbocycles. The fourth-order valence-corrected chi connectivity index (χ4v) is 3.22. The number of fused-ring (bicyclic) bond motifs is 1. The molecule has 0 atom stereocenters. The van der Waals surface area contributed by atoms with Crippen molar-refractivity contribution in [1.82, 2.24) is 24.0 Å². The van der Waals surface area contributed by atoms with E-state index in [-0.39, 0.29) is 5.56 Å². The zero-order chi connectivity index (χ0) is 17.6. The Hall–Kier alpha value is -2.38. The van der Waals surface area contributed by atoms with Gasteiger partial charge in [-0.3, -0.25) is 4.79 Å². The molecule has 3 heterocycles. The number of hydrogen-bond donors (Lipinski definition) is 0. The molecular weight excluding hydrogens is 340 g/mol. The van der Waals surface area contributed by atoms with Gasteiger partial charge in [-0.2, -0.15) is 4.98 Å². The van der Waals surface area contributed by atoms with Gasteiger partial charge in [-0.1, -0.05) is 11.6 Å². The first-order chi connectivity index (χ1) is 12.0. The maximum absolute atomic E-state index is 13.1. The molecule has 0 radical (unpaired) electrons. The Bertz CT molecular complexity index is 969. The number of anilines is 1. The second-order valence-corrected chi connectivity index (χ2v) is 6.78. The normalized spacial score (nSPS) is 15.9. The summed E-state index contributed by atoms with van der Waals surface area (Å²) in [5.41, 5.74) is 1.55. The number of nitrogens with zero attached hydrogens (tertiary/aromatic N) is 6. The van der Waals surface area contributed by atoms with Crippen LogP contribution in [0.2, 0.25) is 5.02 Å². The average Bonchev–Trinajstić information content (AvgIpc) is 2.98. The maximum atomic E-state index is 13.1. The smallest absolute Gasteiger partial charge is 0.287 e.